The van der Waals surface area contributed by atoms with E-state index in [-0.39, 0.29) is 18.3 Å². The second kappa shape index (κ2) is 11.5. The van der Waals surface area contributed by atoms with Crippen molar-refractivity contribution in [3.05, 3.63) is 82.5 Å². The van der Waals surface area contributed by atoms with E-state index >= 15 is 0 Å². The molecule has 0 radical (unpaired) electrons. The fourth-order valence-electron chi connectivity index (χ4n) is 3.60. The molecule has 0 bridgehead atoms. The molecule has 0 aliphatic heterocycles. The van der Waals surface area contributed by atoms with Crippen LogP contribution in [0.2, 0.25) is 0 Å². The monoisotopic (exact) mass is 519 g/mol. The third-order valence-corrected chi connectivity index (χ3v) is 7.40. The number of carbonyl (C=O) groups is 1. The van der Waals surface area contributed by atoms with E-state index < -0.39 is 0 Å². The number of thioether (sulfide) groups is 1. The molecule has 2 aromatic carbocycles. The van der Waals surface area contributed by atoms with Gasteiger partial charge in [-0.15, -0.1) is 28.1 Å². The zero-order valence-corrected chi connectivity index (χ0v) is 22.5. The van der Waals surface area contributed by atoms with Crippen LogP contribution in [0, 0.1) is 27.7 Å². The van der Waals surface area contributed by atoms with E-state index in [1.807, 2.05) is 35.1 Å². The lowest BCUT2D eigenvalue weighted by Gasteiger charge is -2.11. The van der Waals surface area contributed by atoms with Crippen molar-refractivity contribution in [2.75, 3.05) is 11.1 Å². The van der Waals surface area contributed by atoms with Crippen LogP contribution in [0.15, 0.2) is 59.6 Å². The van der Waals surface area contributed by atoms with Gasteiger partial charge in [-0.25, -0.2) is 4.98 Å². The smallest absolute Gasteiger partial charge is 0.236 e. The number of hydrogen-bond donors (Lipinski definition) is 1. The molecule has 2 heterocycles. The first-order chi connectivity index (χ1) is 17.3. The zero-order chi connectivity index (χ0) is 25.7. The lowest BCUT2D eigenvalue weighted by molar-refractivity contribution is -0.113. The third-order valence-electron chi connectivity index (χ3n) is 5.68. The highest BCUT2D eigenvalue weighted by Crippen LogP contribution is 2.27. The Labute approximate surface area is 219 Å². The number of nitrogens with one attached hydrogen (secondary N) is 1. The predicted octanol–water partition coefficient (Wildman–Crippen LogP) is 6.13. The average Bonchev–Trinajstić information content (AvgIpc) is 3.46. The molecule has 1 N–H and O–H groups in total. The third kappa shape index (κ3) is 6.22. The van der Waals surface area contributed by atoms with Crippen LogP contribution in [-0.2, 0) is 17.9 Å². The van der Waals surface area contributed by atoms with Gasteiger partial charge in [0, 0.05) is 17.5 Å². The molecule has 9 heteroatoms. The van der Waals surface area contributed by atoms with Crippen LogP contribution >= 0.6 is 23.1 Å². The summed E-state index contributed by atoms with van der Waals surface area (Å²) in [6.45, 7) is 12.9. The zero-order valence-electron chi connectivity index (χ0n) is 20.9. The van der Waals surface area contributed by atoms with E-state index in [4.69, 9.17) is 4.74 Å². The number of carbonyl (C=O) groups excluding carboxylic acids is 1. The molecule has 0 atom stereocenters. The summed E-state index contributed by atoms with van der Waals surface area (Å²) in [6.07, 6.45) is 1.78. The van der Waals surface area contributed by atoms with Crippen LogP contribution in [0.25, 0.3) is 11.3 Å². The summed E-state index contributed by atoms with van der Waals surface area (Å²) in [5.41, 5.74) is 6.60. The van der Waals surface area contributed by atoms with Gasteiger partial charge in [-0.05, 0) is 56.5 Å². The second-order valence-electron chi connectivity index (χ2n) is 8.53. The number of amides is 1. The number of allylic oxidation sites excluding steroid dienone is 1. The molecule has 36 heavy (non-hydrogen) atoms. The highest BCUT2D eigenvalue weighted by atomic mass is 32.2. The number of aromatic nitrogens is 4. The summed E-state index contributed by atoms with van der Waals surface area (Å²) in [5, 5.41) is 14.6. The van der Waals surface area contributed by atoms with Gasteiger partial charge < -0.3 is 10.1 Å². The minimum atomic E-state index is -0.151. The summed E-state index contributed by atoms with van der Waals surface area (Å²) < 4.78 is 7.89. The number of thiazole rings is 1. The Morgan fingerprint density at radius 3 is 2.69 bits per heavy atom. The number of nitrogens with zero attached hydrogens (tertiary/aromatic N) is 4. The molecular formula is C27H29N5O2S2. The Kier molecular flexibility index (Phi) is 8.22. The first kappa shape index (κ1) is 25.7. The number of hydrogen-bond acceptors (Lipinski definition) is 7. The number of rotatable bonds is 10. The summed E-state index contributed by atoms with van der Waals surface area (Å²) in [4.78, 5) is 17.2. The van der Waals surface area contributed by atoms with E-state index in [9.17, 15) is 4.79 Å². The van der Waals surface area contributed by atoms with Crippen molar-refractivity contribution in [1.29, 1.82) is 0 Å². The van der Waals surface area contributed by atoms with Crippen molar-refractivity contribution in [1.82, 2.24) is 19.7 Å². The predicted molar refractivity (Wildman–Crippen MR) is 147 cm³/mol. The molecule has 4 rings (SSSR count). The van der Waals surface area contributed by atoms with Crippen LogP contribution in [0.1, 0.15) is 28.1 Å². The quantitative estimate of drug-likeness (QED) is 0.200. The Bertz CT molecular complexity index is 1390. The topological polar surface area (TPSA) is 81.9 Å². The lowest BCUT2D eigenvalue weighted by atomic mass is 10.1. The number of aryl methyl sites for hydroxylation is 4. The van der Waals surface area contributed by atoms with E-state index in [1.165, 1.54) is 39.8 Å². The fourth-order valence-corrected chi connectivity index (χ4v) is 5.10. The largest absolute Gasteiger partial charge is 0.485 e. The summed E-state index contributed by atoms with van der Waals surface area (Å²) in [5.74, 6) is 1.52. The van der Waals surface area contributed by atoms with Crippen LogP contribution < -0.4 is 10.1 Å². The highest BCUT2D eigenvalue weighted by molar-refractivity contribution is 7.99. The van der Waals surface area contributed by atoms with Crippen LogP contribution in [0.4, 0.5) is 5.13 Å². The first-order valence-corrected chi connectivity index (χ1v) is 13.4. The van der Waals surface area contributed by atoms with Crippen molar-refractivity contribution in [3.8, 4) is 17.0 Å². The van der Waals surface area contributed by atoms with Gasteiger partial charge in [0.15, 0.2) is 16.1 Å². The SMILES string of the molecule is C=CCn1c(COc2ccc(C)cc2C)nnc1SCC(=O)Nc1nc(-c2ccc(C)c(C)c2)cs1. The molecule has 2 aromatic heterocycles. The van der Waals surface area contributed by atoms with Gasteiger partial charge >= 0.3 is 0 Å². The maximum absolute atomic E-state index is 12.6. The standard InChI is InChI=1S/C27H29N5O2S2/c1-6-11-32-24(14-34-23-10-7-17(2)12-20(23)5)30-31-27(32)36-16-25(33)29-26-28-22(15-35-26)21-9-8-18(3)19(4)13-21/h6-10,12-13,15H,1,11,14,16H2,2-5H3,(H,28,29,33). The van der Waals surface area contributed by atoms with Crippen molar-refractivity contribution >= 4 is 34.1 Å². The van der Waals surface area contributed by atoms with Gasteiger partial charge in [0.1, 0.15) is 12.4 Å². The molecule has 0 saturated carbocycles. The van der Waals surface area contributed by atoms with E-state index in [0.29, 0.717) is 22.7 Å². The van der Waals surface area contributed by atoms with Crippen LogP contribution in [0.3, 0.4) is 0 Å². The lowest BCUT2D eigenvalue weighted by Crippen LogP contribution is -2.15. The van der Waals surface area contributed by atoms with E-state index in [2.05, 4.69) is 66.0 Å². The Balaban J connectivity index is 1.36. The summed E-state index contributed by atoms with van der Waals surface area (Å²) >= 11 is 2.73. The molecule has 0 fully saturated rings. The van der Waals surface area contributed by atoms with Crippen molar-refractivity contribution in [3.63, 3.8) is 0 Å². The van der Waals surface area contributed by atoms with Gasteiger partial charge in [0.05, 0.1) is 11.4 Å². The van der Waals surface area contributed by atoms with Gasteiger partial charge in [0.2, 0.25) is 5.91 Å². The van der Waals surface area contributed by atoms with E-state index in [0.717, 1.165) is 22.6 Å². The Morgan fingerprint density at radius 1 is 1.11 bits per heavy atom. The number of ether oxygens (including phenoxy) is 1. The number of anilines is 1. The van der Waals surface area contributed by atoms with Gasteiger partial charge in [-0.1, -0.05) is 47.7 Å². The molecule has 0 spiro atoms. The molecule has 4 aromatic rings. The number of benzene rings is 2. The van der Waals surface area contributed by atoms with Crippen molar-refractivity contribution in [2.24, 2.45) is 0 Å². The highest BCUT2D eigenvalue weighted by Gasteiger charge is 2.15. The minimum Gasteiger partial charge on any atom is -0.485 e. The molecular weight excluding hydrogens is 490 g/mol. The molecule has 0 unspecified atom stereocenters. The average molecular weight is 520 g/mol. The minimum absolute atomic E-state index is 0.151. The summed E-state index contributed by atoms with van der Waals surface area (Å²) in [7, 11) is 0. The maximum Gasteiger partial charge on any atom is 0.236 e. The fraction of sp³-hybridized carbons (Fsp3) is 0.259. The molecule has 7 nitrogen and oxygen atoms in total. The maximum atomic E-state index is 12.6. The van der Waals surface area contributed by atoms with Gasteiger partial charge in [0.25, 0.3) is 0 Å². The van der Waals surface area contributed by atoms with Crippen LogP contribution in [0.5, 0.6) is 5.75 Å². The second-order valence-corrected chi connectivity index (χ2v) is 10.3. The van der Waals surface area contributed by atoms with Gasteiger partial charge in [-0.2, -0.15) is 0 Å². The molecule has 0 saturated heterocycles. The normalized spacial score (nSPS) is 10.9. The Morgan fingerprint density at radius 2 is 1.94 bits per heavy atom. The van der Waals surface area contributed by atoms with Crippen LogP contribution in [-0.4, -0.2) is 31.4 Å². The van der Waals surface area contributed by atoms with E-state index in [1.54, 1.807) is 6.08 Å². The van der Waals surface area contributed by atoms with Crippen molar-refractivity contribution < 1.29 is 9.53 Å². The Hall–Kier alpha value is -3.43. The molecule has 0 aliphatic rings. The molecule has 1 amide bonds. The molecule has 0 aliphatic carbocycles. The first-order valence-electron chi connectivity index (χ1n) is 11.5. The molecule has 186 valence electrons. The van der Waals surface area contributed by atoms with Gasteiger partial charge in [-0.3, -0.25) is 9.36 Å². The summed E-state index contributed by atoms with van der Waals surface area (Å²) in [6, 6.07) is 12.3. The van der Waals surface area contributed by atoms with Crippen molar-refractivity contribution in [2.45, 2.75) is 46.0 Å².